The second-order valence-corrected chi connectivity index (χ2v) is 7.72. The van der Waals surface area contributed by atoms with Gasteiger partial charge in [0.1, 0.15) is 19.0 Å². The minimum absolute atomic E-state index is 0.220. The second-order valence-electron chi connectivity index (χ2n) is 6.22. The summed E-state index contributed by atoms with van der Waals surface area (Å²) in [5.74, 6) is 1.48. The number of rotatable bonds is 9. The summed E-state index contributed by atoms with van der Waals surface area (Å²) in [5.41, 5.74) is 7.36. The van der Waals surface area contributed by atoms with E-state index < -0.39 is 0 Å². The standard InChI is InChI=1S/C22H21ClN2O4S/c1-3-4-14-5-7-18(19(11-14)27-2)29-10-9-28-17-8-6-16(23)12-15(17)13-20-21(26)25-22(24)30-20/h3,5-8,11-13H,1,4,9-10H2,2H3,(H2,24,25,26). The first kappa shape index (κ1) is 21.8. The van der Waals surface area contributed by atoms with E-state index in [2.05, 4.69) is 11.6 Å². The Morgan fingerprint density at radius 1 is 1.13 bits per heavy atom. The third kappa shape index (κ3) is 5.58. The Kier molecular flexibility index (Phi) is 7.43. The Labute approximate surface area is 184 Å². The van der Waals surface area contributed by atoms with Crippen LogP contribution in [0.1, 0.15) is 11.1 Å². The summed E-state index contributed by atoms with van der Waals surface area (Å²) in [4.78, 5) is 16.0. The number of nitrogens with zero attached hydrogens (tertiary/aromatic N) is 1. The summed E-state index contributed by atoms with van der Waals surface area (Å²) in [6, 6.07) is 10.9. The monoisotopic (exact) mass is 444 g/mol. The highest BCUT2D eigenvalue weighted by Gasteiger charge is 2.20. The van der Waals surface area contributed by atoms with Crippen molar-refractivity contribution in [2.24, 2.45) is 10.7 Å². The van der Waals surface area contributed by atoms with E-state index in [1.165, 1.54) is 0 Å². The minimum atomic E-state index is -0.376. The van der Waals surface area contributed by atoms with Crippen LogP contribution in [-0.4, -0.2) is 31.4 Å². The molecule has 0 unspecified atom stereocenters. The minimum Gasteiger partial charge on any atom is -0.493 e. The molecule has 0 atom stereocenters. The third-order valence-corrected chi connectivity index (χ3v) is 5.15. The molecule has 1 aliphatic rings. The number of amidine groups is 1. The van der Waals surface area contributed by atoms with Crippen molar-refractivity contribution in [3.05, 3.63) is 70.1 Å². The predicted molar refractivity (Wildman–Crippen MR) is 122 cm³/mol. The fourth-order valence-corrected chi connectivity index (χ4v) is 3.61. The molecule has 2 aromatic carbocycles. The van der Waals surface area contributed by atoms with Crippen LogP contribution in [0.15, 0.2) is 59.0 Å². The highest BCUT2D eigenvalue weighted by atomic mass is 35.5. The number of halogens is 1. The molecular formula is C22H21ClN2O4S. The Morgan fingerprint density at radius 3 is 2.53 bits per heavy atom. The number of ether oxygens (including phenoxy) is 3. The number of amides is 1. The highest BCUT2D eigenvalue weighted by Crippen LogP contribution is 2.32. The van der Waals surface area contributed by atoms with Crippen LogP contribution in [0.5, 0.6) is 17.2 Å². The number of aliphatic imine (C=N–C) groups is 1. The quantitative estimate of drug-likeness (QED) is 0.349. The molecule has 156 valence electrons. The van der Waals surface area contributed by atoms with Gasteiger partial charge in [-0.3, -0.25) is 4.79 Å². The molecule has 6 nitrogen and oxygen atoms in total. The van der Waals surface area contributed by atoms with Crippen LogP contribution in [-0.2, 0) is 11.2 Å². The fourth-order valence-electron chi connectivity index (χ4n) is 2.76. The first-order chi connectivity index (χ1) is 14.5. The van der Waals surface area contributed by atoms with Crippen molar-refractivity contribution in [3.8, 4) is 17.2 Å². The Morgan fingerprint density at radius 2 is 1.87 bits per heavy atom. The largest absolute Gasteiger partial charge is 0.493 e. The molecule has 1 heterocycles. The molecule has 30 heavy (non-hydrogen) atoms. The van der Waals surface area contributed by atoms with E-state index >= 15 is 0 Å². The molecule has 0 saturated heterocycles. The van der Waals surface area contributed by atoms with Crippen LogP contribution in [0.3, 0.4) is 0 Å². The molecule has 2 N–H and O–H groups in total. The third-order valence-electron chi connectivity index (χ3n) is 4.10. The summed E-state index contributed by atoms with van der Waals surface area (Å²) < 4.78 is 17.0. The first-order valence-corrected chi connectivity index (χ1v) is 10.3. The summed E-state index contributed by atoms with van der Waals surface area (Å²) in [6.45, 7) is 4.33. The number of hydrogen-bond acceptors (Lipinski definition) is 6. The summed E-state index contributed by atoms with van der Waals surface area (Å²) in [5, 5.41) is 0.747. The number of benzene rings is 2. The normalized spacial score (nSPS) is 14.5. The average Bonchev–Trinajstić information content (AvgIpc) is 3.04. The van der Waals surface area contributed by atoms with Gasteiger partial charge in [-0.15, -0.1) is 6.58 Å². The van der Waals surface area contributed by atoms with Crippen molar-refractivity contribution in [2.45, 2.75) is 6.42 Å². The lowest BCUT2D eigenvalue weighted by atomic mass is 10.1. The molecule has 8 heteroatoms. The van der Waals surface area contributed by atoms with Gasteiger partial charge in [-0.1, -0.05) is 23.7 Å². The van der Waals surface area contributed by atoms with Crippen molar-refractivity contribution >= 4 is 40.5 Å². The Balaban J connectivity index is 1.64. The second kappa shape index (κ2) is 10.2. The van der Waals surface area contributed by atoms with E-state index in [0.717, 1.165) is 23.7 Å². The number of methoxy groups -OCH3 is 1. The van der Waals surface area contributed by atoms with Gasteiger partial charge in [0.15, 0.2) is 16.7 Å². The first-order valence-electron chi connectivity index (χ1n) is 9.11. The van der Waals surface area contributed by atoms with Gasteiger partial charge in [-0.25, -0.2) is 0 Å². The number of carbonyl (C=O) groups excluding carboxylic acids is 1. The molecule has 0 bridgehead atoms. The summed E-state index contributed by atoms with van der Waals surface area (Å²) >= 11 is 7.22. The average molecular weight is 445 g/mol. The molecule has 0 aromatic heterocycles. The lowest BCUT2D eigenvalue weighted by Crippen LogP contribution is -2.10. The maximum absolute atomic E-state index is 11.9. The molecule has 3 rings (SSSR count). The zero-order valence-corrected chi connectivity index (χ0v) is 18.0. The molecular weight excluding hydrogens is 424 g/mol. The van der Waals surface area contributed by atoms with Crippen LogP contribution < -0.4 is 19.9 Å². The topological polar surface area (TPSA) is 83.1 Å². The van der Waals surface area contributed by atoms with Gasteiger partial charge in [0.05, 0.1) is 12.0 Å². The van der Waals surface area contributed by atoms with Gasteiger partial charge >= 0.3 is 0 Å². The zero-order valence-electron chi connectivity index (χ0n) is 16.4. The van der Waals surface area contributed by atoms with Gasteiger partial charge in [0.25, 0.3) is 5.91 Å². The number of carbonyl (C=O) groups is 1. The van der Waals surface area contributed by atoms with Crippen molar-refractivity contribution in [1.82, 2.24) is 0 Å². The van der Waals surface area contributed by atoms with Gasteiger partial charge in [-0.2, -0.15) is 4.99 Å². The molecule has 2 aromatic rings. The SMILES string of the molecule is C=CCc1ccc(OCCOc2ccc(Cl)cc2C=C2SC(N)=NC2=O)c(OC)c1. The number of thioether (sulfide) groups is 1. The van der Waals surface area contributed by atoms with Crippen molar-refractivity contribution in [3.63, 3.8) is 0 Å². The van der Waals surface area contributed by atoms with E-state index in [1.54, 1.807) is 31.4 Å². The smallest absolute Gasteiger partial charge is 0.286 e. The molecule has 0 aliphatic carbocycles. The lowest BCUT2D eigenvalue weighted by molar-refractivity contribution is -0.113. The Bertz CT molecular complexity index is 1020. The maximum Gasteiger partial charge on any atom is 0.286 e. The van der Waals surface area contributed by atoms with Crippen molar-refractivity contribution in [2.75, 3.05) is 20.3 Å². The summed E-state index contributed by atoms with van der Waals surface area (Å²) in [7, 11) is 1.60. The van der Waals surface area contributed by atoms with Crippen LogP contribution in [0.25, 0.3) is 6.08 Å². The molecule has 1 amide bonds. The number of nitrogens with two attached hydrogens (primary N) is 1. The van der Waals surface area contributed by atoms with E-state index in [9.17, 15) is 4.79 Å². The molecule has 0 spiro atoms. The van der Waals surface area contributed by atoms with E-state index in [4.69, 9.17) is 31.5 Å². The van der Waals surface area contributed by atoms with Crippen molar-refractivity contribution in [1.29, 1.82) is 0 Å². The molecule has 0 radical (unpaired) electrons. The number of hydrogen-bond donors (Lipinski definition) is 1. The van der Waals surface area contributed by atoms with E-state index in [-0.39, 0.29) is 17.7 Å². The van der Waals surface area contributed by atoms with Gasteiger partial charge < -0.3 is 19.9 Å². The number of allylic oxidation sites excluding steroid dienone is 1. The molecule has 0 fully saturated rings. The van der Waals surface area contributed by atoms with Crippen LogP contribution in [0.4, 0.5) is 0 Å². The van der Waals surface area contributed by atoms with Gasteiger partial charge in [0, 0.05) is 10.6 Å². The van der Waals surface area contributed by atoms with E-state index in [0.29, 0.717) is 39.3 Å². The highest BCUT2D eigenvalue weighted by molar-refractivity contribution is 8.18. The molecule has 0 saturated carbocycles. The van der Waals surface area contributed by atoms with E-state index in [1.807, 2.05) is 24.3 Å². The Hall–Kier alpha value is -2.90. The van der Waals surface area contributed by atoms with Gasteiger partial charge in [-0.05, 0) is 60.2 Å². The van der Waals surface area contributed by atoms with Gasteiger partial charge in [0.2, 0.25) is 0 Å². The van der Waals surface area contributed by atoms with Crippen LogP contribution >= 0.6 is 23.4 Å². The lowest BCUT2D eigenvalue weighted by Gasteiger charge is -2.13. The van der Waals surface area contributed by atoms with Crippen LogP contribution in [0.2, 0.25) is 5.02 Å². The fraction of sp³-hybridized carbons (Fsp3) is 0.182. The molecule has 1 aliphatic heterocycles. The van der Waals surface area contributed by atoms with Crippen molar-refractivity contribution < 1.29 is 19.0 Å². The maximum atomic E-state index is 11.9. The summed E-state index contributed by atoms with van der Waals surface area (Å²) in [6.07, 6.45) is 4.26. The predicted octanol–water partition coefficient (Wildman–Crippen LogP) is 4.46. The van der Waals surface area contributed by atoms with Crippen LogP contribution in [0, 0.1) is 0 Å². The zero-order chi connectivity index (χ0) is 21.5.